The highest BCUT2D eigenvalue weighted by Gasteiger charge is 2.07. The Kier molecular flexibility index (Phi) is 20.6. The van der Waals surface area contributed by atoms with Gasteiger partial charge in [-0.2, -0.15) is 0 Å². The molecule has 0 saturated heterocycles. The first-order chi connectivity index (χ1) is 18.0. The topological polar surface area (TPSA) is 83.8 Å². The Hall–Kier alpha value is -2.04. The van der Waals surface area contributed by atoms with Crippen LogP contribution in [0, 0.1) is 0 Å². The zero-order valence-electron chi connectivity index (χ0n) is 23.6. The van der Waals surface area contributed by atoms with Gasteiger partial charge < -0.3 is 14.9 Å². The van der Waals surface area contributed by atoms with E-state index < -0.39 is 11.9 Å². The van der Waals surface area contributed by atoms with E-state index >= 15 is 0 Å². The number of carboxylic acid groups (broad SMARTS) is 2. The smallest absolute Gasteiger partial charge is 0.303 e. The normalized spacial score (nSPS) is 11.1. The lowest BCUT2D eigenvalue weighted by Gasteiger charge is -2.13. The van der Waals surface area contributed by atoms with Gasteiger partial charge in [-0.25, -0.2) is 0 Å². The van der Waals surface area contributed by atoms with Gasteiger partial charge in [0.2, 0.25) is 0 Å². The standard InChI is InChI=1S/C32H54O5/c1-2-3-4-5-6-7-14-19-26-37-30-25-24-28(20-15-10-8-12-17-22-31(33)34)29(27-30)21-16-11-9-13-18-23-32(35)36/h24-25,27H,2-23,26H2,1H3,(H,33,34)(H,35,36). The molecule has 5 heteroatoms. The first-order valence-electron chi connectivity index (χ1n) is 15.2. The molecule has 0 aliphatic carbocycles. The van der Waals surface area contributed by atoms with Crippen LogP contribution in [0.4, 0.5) is 0 Å². The molecule has 0 spiro atoms. The summed E-state index contributed by atoms with van der Waals surface area (Å²) >= 11 is 0. The van der Waals surface area contributed by atoms with Crippen molar-refractivity contribution in [2.45, 2.75) is 148 Å². The summed E-state index contributed by atoms with van der Waals surface area (Å²) in [4.78, 5) is 21.3. The third kappa shape index (κ3) is 19.7. The van der Waals surface area contributed by atoms with Gasteiger partial charge in [-0.05, 0) is 68.2 Å². The number of hydrogen-bond acceptors (Lipinski definition) is 3. The zero-order valence-corrected chi connectivity index (χ0v) is 23.6. The third-order valence-corrected chi connectivity index (χ3v) is 7.12. The van der Waals surface area contributed by atoms with Crippen molar-refractivity contribution in [3.8, 4) is 5.75 Å². The molecule has 0 fully saturated rings. The summed E-state index contributed by atoms with van der Waals surface area (Å²) in [6, 6.07) is 6.62. The summed E-state index contributed by atoms with van der Waals surface area (Å²) < 4.78 is 6.11. The van der Waals surface area contributed by atoms with Gasteiger partial charge in [-0.1, -0.05) is 96.5 Å². The van der Waals surface area contributed by atoms with Gasteiger partial charge in [0.1, 0.15) is 5.75 Å². The largest absolute Gasteiger partial charge is 0.494 e. The maximum atomic E-state index is 10.7. The highest BCUT2D eigenvalue weighted by Crippen LogP contribution is 2.23. The number of aliphatic carboxylic acids is 2. The summed E-state index contributed by atoms with van der Waals surface area (Å²) in [5.74, 6) is -0.414. The van der Waals surface area contributed by atoms with Crippen LogP contribution in [0.1, 0.15) is 146 Å². The van der Waals surface area contributed by atoms with Crippen LogP contribution in [0.3, 0.4) is 0 Å². The van der Waals surface area contributed by atoms with Crippen LogP contribution in [-0.2, 0) is 22.4 Å². The predicted octanol–water partition coefficient (Wildman–Crippen LogP) is 9.14. The molecule has 0 bridgehead atoms. The molecule has 212 valence electrons. The van der Waals surface area contributed by atoms with Gasteiger partial charge in [-0.3, -0.25) is 9.59 Å². The molecule has 0 amide bonds. The van der Waals surface area contributed by atoms with Gasteiger partial charge in [0.05, 0.1) is 6.61 Å². The van der Waals surface area contributed by atoms with Crippen LogP contribution in [0.2, 0.25) is 0 Å². The summed E-state index contributed by atoms with van der Waals surface area (Å²) in [7, 11) is 0. The Labute approximate surface area is 226 Å². The average Bonchev–Trinajstić information content (AvgIpc) is 2.87. The van der Waals surface area contributed by atoms with Crippen molar-refractivity contribution in [2.24, 2.45) is 0 Å². The highest BCUT2D eigenvalue weighted by atomic mass is 16.5. The van der Waals surface area contributed by atoms with Gasteiger partial charge in [0, 0.05) is 12.8 Å². The molecule has 1 aromatic carbocycles. The minimum Gasteiger partial charge on any atom is -0.494 e. The molecule has 0 saturated carbocycles. The first kappa shape index (κ1) is 33.0. The van der Waals surface area contributed by atoms with E-state index in [0.29, 0.717) is 0 Å². The van der Waals surface area contributed by atoms with E-state index in [9.17, 15) is 9.59 Å². The first-order valence-corrected chi connectivity index (χ1v) is 15.2. The second-order valence-electron chi connectivity index (χ2n) is 10.6. The molecule has 0 radical (unpaired) electrons. The van der Waals surface area contributed by atoms with E-state index in [0.717, 1.165) is 95.8 Å². The van der Waals surface area contributed by atoms with Gasteiger partial charge in [-0.15, -0.1) is 0 Å². The fourth-order valence-electron chi connectivity index (χ4n) is 4.84. The summed E-state index contributed by atoms with van der Waals surface area (Å²) in [6.07, 6.45) is 23.3. The number of hydrogen-bond donors (Lipinski definition) is 2. The predicted molar refractivity (Wildman–Crippen MR) is 153 cm³/mol. The second kappa shape index (κ2) is 23.1. The molecular weight excluding hydrogens is 464 g/mol. The Bertz CT molecular complexity index is 715. The second-order valence-corrected chi connectivity index (χ2v) is 10.6. The molecule has 0 unspecified atom stereocenters. The number of ether oxygens (including phenoxy) is 1. The number of carbonyl (C=O) groups is 2. The molecule has 1 aromatic rings. The molecule has 0 aliphatic heterocycles. The van der Waals surface area contributed by atoms with Crippen LogP contribution in [-0.4, -0.2) is 28.8 Å². The molecule has 5 nitrogen and oxygen atoms in total. The minimum atomic E-state index is -0.699. The number of rotatable bonds is 26. The van der Waals surface area contributed by atoms with Crippen LogP contribution >= 0.6 is 0 Å². The fourth-order valence-corrected chi connectivity index (χ4v) is 4.84. The van der Waals surface area contributed by atoms with Crippen LogP contribution in [0.15, 0.2) is 18.2 Å². The number of carboxylic acids is 2. The molecule has 0 aliphatic rings. The molecule has 0 heterocycles. The van der Waals surface area contributed by atoms with Crippen LogP contribution < -0.4 is 4.74 Å². The van der Waals surface area contributed by atoms with Gasteiger partial charge in [0.25, 0.3) is 0 Å². The molecule has 0 atom stereocenters. The SMILES string of the molecule is CCCCCCCCCCOc1ccc(CCCCCCCC(=O)O)c(CCCCCCCC(=O)O)c1. The van der Waals surface area contributed by atoms with E-state index in [2.05, 4.69) is 25.1 Å². The molecule has 2 N–H and O–H groups in total. The number of benzene rings is 1. The Balaban J connectivity index is 2.43. The summed E-state index contributed by atoms with van der Waals surface area (Å²) in [5, 5.41) is 17.5. The van der Waals surface area contributed by atoms with E-state index in [-0.39, 0.29) is 12.8 Å². The van der Waals surface area contributed by atoms with Crippen molar-refractivity contribution < 1.29 is 24.5 Å². The average molecular weight is 519 g/mol. The zero-order chi connectivity index (χ0) is 27.0. The Morgan fingerprint density at radius 2 is 1.05 bits per heavy atom. The highest BCUT2D eigenvalue weighted by molar-refractivity contribution is 5.66. The van der Waals surface area contributed by atoms with Gasteiger partial charge in [0.15, 0.2) is 0 Å². The van der Waals surface area contributed by atoms with E-state index in [1.807, 2.05) is 0 Å². The van der Waals surface area contributed by atoms with E-state index in [4.69, 9.17) is 14.9 Å². The quantitative estimate of drug-likeness (QED) is 0.119. The maximum Gasteiger partial charge on any atom is 0.303 e. The molecule has 0 aromatic heterocycles. The van der Waals surface area contributed by atoms with Crippen molar-refractivity contribution in [1.29, 1.82) is 0 Å². The lowest BCUT2D eigenvalue weighted by molar-refractivity contribution is -0.138. The monoisotopic (exact) mass is 518 g/mol. The molecule has 1 rings (SSSR count). The fraction of sp³-hybridized carbons (Fsp3) is 0.750. The Morgan fingerprint density at radius 1 is 0.595 bits per heavy atom. The molecular formula is C32H54O5. The lowest BCUT2D eigenvalue weighted by atomic mass is 9.96. The van der Waals surface area contributed by atoms with Crippen molar-refractivity contribution in [3.05, 3.63) is 29.3 Å². The van der Waals surface area contributed by atoms with Crippen molar-refractivity contribution in [1.82, 2.24) is 0 Å². The van der Waals surface area contributed by atoms with Gasteiger partial charge >= 0.3 is 11.9 Å². The van der Waals surface area contributed by atoms with Crippen molar-refractivity contribution >= 4 is 11.9 Å². The summed E-state index contributed by atoms with van der Waals surface area (Å²) in [6.45, 7) is 3.04. The van der Waals surface area contributed by atoms with Crippen molar-refractivity contribution in [3.63, 3.8) is 0 Å². The van der Waals surface area contributed by atoms with E-state index in [1.54, 1.807) is 0 Å². The van der Waals surface area contributed by atoms with Crippen LogP contribution in [0.5, 0.6) is 5.75 Å². The van der Waals surface area contributed by atoms with Crippen molar-refractivity contribution in [2.75, 3.05) is 6.61 Å². The van der Waals surface area contributed by atoms with Crippen LogP contribution in [0.25, 0.3) is 0 Å². The maximum absolute atomic E-state index is 10.7. The van der Waals surface area contributed by atoms with E-state index in [1.165, 1.54) is 56.1 Å². The number of unbranched alkanes of at least 4 members (excludes halogenated alkanes) is 15. The lowest BCUT2D eigenvalue weighted by Crippen LogP contribution is -2.01. The third-order valence-electron chi connectivity index (χ3n) is 7.12. The molecule has 37 heavy (non-hydrogen) atoms. The summed E-state index contributed by atoms with van der Waals surface area (Å²) in [5.41, 5.74) is 2.81. The Morgan fingerprint density at radius 3 is 1.59 bits per heavy atom. The minimum absolute atomic E-state index is 0.276. The number of aryl methyl sites for hydroxylation is 2.